The van der Waals surface area contributed by atoms with Crippen molar-refractivity contribution >= 4 is 6.29 Å². The number of nitrogens with zero attached hydrogens (tertiary/aromatic N) is 2. The van der Waals surface area contributed by atoms with Gasteiger partial charge in [0, 0.05) is 27.6 Å². The van der Waals surface area contributed by atoms with Crippen molar-refractivity contribution in [1.82, 2.24) is 9.80 Å². The Morgan fingerprint density at radius 3 is 2.42 bits per heavy atom. The van der Waals surface area contributed by atoms with Gasteiger partial charge in [0.15, 0.2) is 6.29 Å². The van der Waals surface area contributed by atoms with E-state index in [1.54, 1.807) is 13.8 Å². The molecule has 9 nitrogen and oxygen atoms in total. The Hall–Kier alpha value is -0.650. The minimum absolute atomic E-state index is 0. The molecule has 9 heteroatoms. The Morgan fingerprint density at radius 2 is 1.71 bits per heavy atom. The van der Waals surface area contributed by atoms with Crippen LogP contribution >= 0.6 is 0 Å². The molecule has 5 saturated carbocycles. The van der Waals surface area contributed by atoms with Gasteiger partial charge in [-0.05, 0) is 130 Å². The summed E-state index contributed by atoms with van der Waals surface area (Å²) >= 11 is 0. The lowest BCUT2D eigenvalue weighted by atomic mass is 9.46. The lowest BCUT2D eigenvalue weighted by Gasteiger charge is -2.60. The summed E-state index contributed by atoms with van der Waals surface area (Å²) in [5, 5.41) is 21.3. The molecule has 8 aliphatic rings. The second-order valence-corrected chi connectivity index (χ2v) is 18.7. The number of morpholine rings is 2. The predicted octanol–water partition coefficient (Wildman–Crippen LogP) is 4.76. The van der Waals surface area contributed by atoms with Crippen molar-refractivity contribution in [2.24, 2.45) is 45.3 Å². The molecular weight excluding hydrogens is 608 g/mol. The molecule has 3 saturated heterocycles. The molecule has 5 aliphatic carbocycles. The molecule has 48 heavy (non-hydrogen) atoms. The molecule has 3 aliphatic heterocycles. The number of carbonyl (C=O) groups excluding carboxylic acids is 1. The lowest BCUT2D eigenvalue weighted by Crippen LogP contribution is -2.56. The first-order valence-electron chi connectivity index (χ1n) is 19.5. The molecule has 0 radical (unpaired) electrons. The highest BCUT2D eigenvalue weighted by Crippen LogP contribution is 2.87. The summed E-state index contributed by atoms with van der Waals surface area (Å²) in [6, 6.07) is 0. The third-order valence-electron chi connectivity index (χ3n) is 15.6. The van der Waals surface area contributed by atoms with Gasteiger partial charge in [0.2, 0.25) is 0 Å². The zero-order valence-corrected chi connectivity index (χ0v) is 30.8. The number of aliphatic hydroxyl groups is 2. The molecular formula is C39H68N2O7. The van der Waals surface area contributed by atoms with Gasteiger partial charge in [-0.2, -0.15) is 0 Å². The van der Waals surface area contributed by atoms with Gasteiger partial charge in [0.1, 0.15) is 12.4 Å². The Bertz CT molecular complexity index is 1160. The van der Waals surface area contributed by atoms with Crippen LogP contribution in [0.3, 0.4) is 0 Å². The first-order chi connectivity index (χ1) is 22.7. The number of hydrogen-bond acceptors (Lipinski definition) is 9. The monoisotopic (exact) mass is 677 g/mol. The number of aliphatic hydroxyl groups excluding tert-OH is 1. The maximum atomic E-state index is 10.8. The van der Waals surface area contributed by atoms with Crippen molar-refractivity contribution in [3.8, 4) is 0 Å². The lowest BCUT2D eigenvalue weighted by molar-refractivity contribution is -0.243. The molecule has 276 valence electrons. The van der Waals surface area contributed by atoms with Gasteiger partial charge in [-0.3, -0.25) is 9.80 Å². The molecule has 10 unspecified atom stereocenters. The molecule has 0 aromatic carbocycles. The van der Waals surface area contributed by atoms with Gasteiger partial charge in [0.05, 0.1) is 50.3 Å². The summed E-state index contributed by atoms with van der Waals surface area (Å²) in [5.74, 6) is 2.91. The maximum absolute atomic E-state index is 10.8. The van der Waals surface area contributed by atoms with E-state index >= 15 is 0 Å². The Balaban J connectivity index is 0.000000364. The minimum atomic E-state index is -1.12. The predicted molar refractivity (Wildman–Crippen MR) is 185 cm³/mol. The Kier molecular flexibility index (Phi) is 9.74. The van der Waals surface area contributed by atoms with Crippen molar-refractivity contribution in [2.75, 3.05) is 59.6 Å². The highest BCUT2D eigenvalue weighted by molar-refractivity contribution is 5.51. The standard InChI is InChI=1S/C33H55NO5.C6H11NO2.H2/c1-29(2)25-10-8-20-22-17-24-21(7-9-23(38-24)28(35)30(3,4)36)31(22,5)13-14-32(20)19-33(25,32)12-11-26(29)39-27-18-34(6)15-16-37-27;8-4-1-7-2-5-9-6-3-7;/h20-28,35-36H,7-19H2,1-6H3;4H,1-3,5-6H2;1H/t20?,21?,22?,23?,24?,25?,26?,27?,28?,31-,32+,33?;;/m1../s1. The smallest absolute Gasteiger partial charge is 0.170 e. The number of aldehydes is 1. The van der Waals surface area contributed by atoms with Crippen LogP contribution in [0.1, 0.15) is 100 Å². The fourth-order valence-electron chi connectivity index (χ4n) is 13.1. The van der Waals surface area contributed by atoms with Crippen molar-refractivity contribution in [3.05, 3.63) is 0 Å². The summed E-state index contributed by atoms with van der Waals surface area (Å²) in [6.45, 7) is 17.6. The van der Waals surface area contributed by atoms with Crippen molar-refractivity contribution in [3.63, 3.8) is 0 Å². The zero-order chi connectivity index (χ0) is 34.1. The molecule has 3 heterocycles. The second kappa shape index (κ2) is 13.1. The number of rotatable bonds is 6. The van der Waals surface area contributed by atoms with E-state index in [2.05, 4.69) is 37.6 Å². The summed E-state index contributed by atoms with van der Waals surface area (Å²) in [5.41, 5.74) is 0.467. The second-order valence-electron chi connectivity index (χ2n) is 18.7. The van der Waals surface area contributed by atoms with Crippen LogP contribution in [0.25, 0.3) is 0 Å². The molecule has 8 rings (SSSR count). The van der Waals surface area contributed by atoms with Gasteiger partial charge in [-0.25, -0.2) is 0 Å². The van der Waals surface area contributed by atoms with Crippen molar-refractivity contribution < 1.29 is 35.4 Å². The van der Waals surface area contributed by atoms with E-state index < -0.39 is 11.7 Å². The molecule has 8 fully saturated rings. The van der Waals surface area contributed by atoms with Gasteiger partial charge in [-0.15, -0.1) is 0 Å². The van der Waals surface area contributed by atoms with Crippen LogP contribution in [-0.2, 0) is 23.7 Å². The average Bonchev–Trinajstić information content (AvgIpc) is 3.62. The summed E-state index contributed by atoms with van der Waals surface area (Å²) < 4.78 is 24.5. The molecule has 0 bridgehead atoms. The Morgan fingerprint density at radius 1 is 0.958 bits per heavy atom. The summed E-state index contributed by atoms with van der Waals surface area (Å²) in [4.78, 5) is 14.4. The van der Waals surface area contributed by atoms with E-state index in [9.17, 15) is 15.0 Å². The van der Waals surface area contributed by atoms with Gasteiger partial charge < -0.3 is 34.0 Å². The first-order valence-corrected chi connectivity index (χ1v) is 19.5. The van der Waals surface area contributed by atoms with Crippen LogP contribution in [0.15, 0.2) is 0 Å². The molecule has 0 amide bonds. The largest absolute Gasteiger partial charge is 0.388 e. The van der Waals surface area contributed by atoms with Crippen LogP contribution in [-0.4, -0.2) is 122 Å². The summed E-state index contributed by atoms with van der Waals surface area (Å²) in [6.07, 6.45) is 12.9. The molecule has 12 atom stereocenters. The van der Waals surface area contributed by atoms with E-state index in [1.807, 2.05) is 0 Å². The quantitative estimate of drug-likeness (QED) is 0.386. The highest BCUT2D eigenvalue weighted by atomic mass is 16.7. The third-order valence-corrected chi connectivity index (χ3v) is 15.6. The zero-order valence-electron chi connectivity index (χ0n) is 30.8. The van der Waals surface area contributed by atoms with Crippen LogP contribution in [0, 0.1) is 45.3 Å². The highest BCUT2D eigenvalue weighted by Gasteiger charge is 2.80. The number of fused-ring (bicyclic) bond motifs is 4. The molecule has 2 N–H and O–H groups in total. The normalized spacial score (nSPS) is 47.6. The number of hydrogen-bond donors (Lipinski definition) is 2. The van der Waals surface area contributed by atoms with E-state index in [-0.39, 0.29) is 31.4 Å². The topological polar surface area (TPSA) is 101 Å². The SMILES string of the molecule is CN1CCOC(OC2CCC34C[C@]35CC[C@]3(C)C6CCC(C(O)C(C)(C)O)OC6CC3C5CCC4C2(C)C)C1.O=CCN1CCOCC1.[HH]. The van der Waals surface area contributed by atoms with Crippen LogP contribution in [0.2, 0.25) is 0 Å². The van der Waals surface area contributed by atoms with E-state index in [0.717, 1.165) is 89.3 Å². The first kappa shape index (κ1) is 35.7. The number of carbonyl (C=O) groups is 1. The fourth-order valence-corrected chi connectivity index (χ4v) is 13.1. The average molecular weight is 677 g/mol. The minimum Gasteiger partial charge on any atom is -0.388 e. The van der Waals surface area contributed by atoms with E-state index in [0.29, 0.717) is 28.7 Å². The molecule has 0 aromatic rings. The van der Waals surface area contributed by atoms with E-state index in [4.69, 9.17) is 18.9 Å². The Labute approximate surface area is 291 Å². The van der Waals surface area contributed by atoms with Crippen LogP contribution < -0.4 is 0 Å². The van der Waals surface area contributed by atoms with Crippen molar-refractivity contribution in [2.45, 2.75) is 135 Å². The number of ether oxygens (including phenoxy) is 4. The van der Waals surface area contributed by atoms with Gasteiger partial charge >= 0.3 is 0 Å². The fraction of sp³-hybridized carbons (Fsp3) is 0.974. The van der Waals surface area contributed by atoms with Crippen LogP contribution in [0.4, 0.5) is 0 Å². The van der Waals surface area contributed by atoms with Gasteiger partial charge in [-0.1, -0.05) is 20.8 Å². The maximum Gasteiger partial charge on any atom is 0.170 e. The van der Waals surface area contributed by atoms with Gasteiger partial charge in [0.25, 0.3) is 0 Å². The summed E-state index contributed by atoms with van der Waals surface area (Å²) in [7, 11) is 2.17. The van der Waals surface area contributed by atoms with E-state index in [1.165, 1.54) is 44.9 Å². The molecule has 2 spiro atoms. The number of likely N-dealkylation sites (N-methyl/N-ethyl adjacent to an activating group) is 1. The van der Waals surface area contributed by atoms with Crippen LogP contribution in [0.5, 0.6) is 0 Å². The van der Waals surface area contributed by atoms with Crippen molar-refractivity contribution in [1.29, 1.82) is 0 Å². The third kappa shape index (κ3) is 5.96. The molecule has 0 aromatic heterocycles.